The number of hydrogen-bond acceptors (Lipinski definition) is 3. The Kier molecular flexibility index (Phi) is 3.41. The lowest BCUT2D eigenvalue weighted by Crippen LogP contribution is -2.36. The lowest BCUT2D eigenvalue weighted by atomic mass is 10.1. The van der Waals surface area contributed by atoms with Crippen LogP contribution in [0.4, 0.5) is 0 Å². The van der Waals surface area contributed by atoms with Gasteiger partial charge >= 0.3 is 0 Å². The first-order valence-electron chi connectivity index (χ1n) is 5.53. The molecule has 0 saturated carbocycles. The van der Waals surface area contributed by atoms with Gasteiger partial charge in [-0.25, -0.2) is 0 Å². The molecule has 0 aromatic heterocycles. The summed E-state index contributed by atoms with van der Waals surface area (Å²) in [5.74, 6) is 0.878. The predicted molar refractivity (Wildman–Crippen MR) is 61.4 cm³/mol. The molecule has 4 nitrogen and oxygen atoms in total. The molecule has 1 amide bonds. The molecular weight excluding hydrogens is 204 g/mol. The number of para-hydroxylation sites is 1. The highest BCUT2D eigenvalue weighted by atomic mass is 16.5. The number of nitrogens with one attached hydrogen (secondary N) is 2. The summed E-state index contributed by atoms with van der Waals surface area (Å²) in [6.07, 6.45) is 0. The molecule has 1 aliphatic rings. The molecule has 1 aliphatic heterocycles. The van der Waals surface area contributed by atoms with Crippen LogP contribution in [0.3, 0.4) is 0 Å². The largest absolute Gasteiger partial charge is 0.491 e. The number of carbonyl (C=O) groups excluding carboxylic acids is 1. The maximum absolute atomic E-state index is 11.5. The summed E-state index contributed by atoms with van der Waals surface area (Å²) in [5.41, 5.74) is 1.06. The number of carbonyl (C=O) groups is 1. The summed E-state index contributed by atoms with van der Waals surface area (Å²) in [5, 5.41) is 5.94. The highest BCUT2D eigenvalue weighted by molar-refractivity contribution is 5.78. The van der Waals surface area contributed by atoms with Crippen LogP contribution in [-0.2, 0) is 4.79 Å². The van der Waals surface area contributed by atoms with E-state index in [1.54, 1.807) is 0 Å². The molecule has 2 rings (SSSR count). The molecular formula is C12H16N2O2. The van der Waals surface area contributed by atoms with Crippen LogP contribution in [0.15, 0.2) is 24.3 Å². The van der Waals surface area contributed by atoms with E-state index in [0.29, 0.717) is 13.2 Å². The maximum Gasteiger partial charge on any atom is 0.234 e. The van der Waals surface area contributed by atoms with Crippen molar-refractivity contribution in [2.45, 2.75) is 13.0 Å². The van der Waals surface area contributed by atoms with E-state index >= 15 is 0 Å². The number of fused-ring (bicyclic) bond motifs is 1. The van der Waals surface area contributed by atoms with Crippen LogP contribution < -0.4 is 15.4 Å². The van der Waals surface area contributed by atoms with Crippen LogP contribution in [0.2, 0.25) is 0 Å². The molecule has 0 saturated heterocycles. The standard InChI is InChI=1S/C12H16N2O2/c1-2-13-7-12(15)14-10-8-16-11-6-4-3-5-9(10)11/h3-6,10,13H,2,7-8H2,1H3,(H,14,15). The Morgan fingerprint density at radius 3 is 3.12 bits per heavy atom. The third-order valence-corrected chi connectivity index (χ3v) is 2.57. The number of amides is 1. The van der Waals surface area contributed by atoms with Crippen molar-refractivity contribution in [2.75, 3.05) is 19.7 Å². The van der Waals surface area contributed by atoms with Crippen molar-refractivity contribution in [3.8, 4) is 5.75 Å². The van der Waals surface area contributed by atoms with Crippen molar-refractivity contribution in [1.29, 1.82) is 0 Å². The second-order valence-corrected chi connectivity index (χ2v) is 3.75. The molecule has 0 radical (unpaired) electrons. The van der Waals surface area contributed by atoms with Crippen LogP contribution in [0.25, 0.3) is 0 Å². The van der Waals surface area contributed by atoms with Gasteiger partial charge in [0.25, 0.3) is 0 Å². The van der Waals surface area contributed by atoms with Gasteiger partial charge in [0.1, 0.15) is 12.4 Å². The normalized spacial score (nSPS) is 17.7. The van der Waals surface area contributed by atoms with Crippen molar-refractivity contribution in [2.24, 2.45) is 0 Å². The van der Waals surface area contributed by atoms with E-state index in [9.17, 15) is 4.79 Å². The minimum Gasteiger partial charge on any atom is -0.491 e. The SMILES string of the molecule is CCNCC(=O)NC1COc2ccccc21. The van der Waals surface area contributed by atoms with Gasteiger partial charge in [-0.3, -0.25) is 4.79 Å². The maximum atomic E-state index is 11.5. The first-order chi connectivity index (χ1) is 7.81. The van der Waals surface area contributed by atoms with Crippen molar-refractivity contribution < 1.29 is 9.53 Å². The summed E-state index contributed by atoms with van der Waals surface area (Å²) in [6, 6.07) is 7.78. The smallest absolute Gasteiger partial charge is 0.234 e. The fourth-order valence-electron chi connectivity index (χ4n) is 1.77. The van der Waals surface area contributed by atoms with E-state index in [2.05, 4.69) is 10.6 Å². The number of rotatable bonds is 4. The van der Waals surface area contributed by atoms with Gasteiger partial charge in [0.15, 0.2) is 0 Å². The molecule has 1 aromatic rings. The Morgan fingerprint density at radius 2 is 2.31 bits per heavy atom. The number of ether oxygens (including phenoxy) is 1. The summed E-state index contributed by atoms with van der Waals surface area (Å²) < 4.78 is 5.48. The Hall–Kier alpha value is -1.55. The zero-order chi connectivity index (χ0) is 11.4. The minimum absolute atomic E-state index is 0.00662. The lowest BCUT2D eigenvalue weighted by Gasteiger charge is -2.11. The summed E-state index contributed by atoms with van der Waals surface area (Å²) in [7, 11) is 0. The molecule has 1 heterocycles. The quantitative estimate of drug-likeness (QED) is 0.790. The first-order valence-corrected chi connectivity index (χ1v) is 5.53. The van der Waals surface area contributed by atoms with Crippen LogP contribution >= 0.6 is 0 Å². The number of hydrogen-bond donors (Lipinski definition) is 2. The van der Waals surface area contributed by atoms with E-state index in [0.717, 1.165) is 17.9 Å². The van der Waals surface area contributed by atoms with Gasteiger partial charge in [0.2, 0.25) is 5.91 Å². The zero-order valence-corrected chi connectivity index (χ0v) is 9.32. The van der Waals surface area contributed by atoms with E-state index in [4.69, 9.17) is 4.74 Å². The molecule has 1 unspecified atom stereocenters. The zero-order valence-electron chi connectivity index (χ0n) is 9.32. The molecule has 1 atom stereocenters. The minimum atomic E-state index is -0.0117. The van der Waals surface area contributed by atoms with E-state index in [1.807, 2.05) is 31.2 Å². The number of benzene rings is 1. The third-order valence-electron chi connectivity index (χ3n) is 2.57. The monoisotopic (exact) mass is 220 g/mol. The number of likely N-dealkylation sites (N-methyl/N-ethyl adjacent to an activating group) is 1. The summed E-state index contributed by atoms with van der Waals surface area (Å²) in [6.45, 7) is 3.65. The van der Waals surface area contributed by atoms with E-state index in [1.165, 1.54) is 0 Å². The van der Waals surface area contributed by atoms with E-state index < -0.39 is 0 Å². The van der Waals surface area contributed by atoms with Gasteiger partial charge in [0, 0.05) is 5.56 Å². The van der Waals surface area contributed by atoms with Crippen LogP contribution in [-0.4, -0.2) is 25.6 Å². The van der Waals surface area contributed by atoms with Gasteiger partial charge in [-0.15, -0.1) is 0 Å². The van der Waals surface area contributed by atoms with Gasteiger partial charge < -0.3 is 15.4 Å². The van der Waals surface area contributed by atoms with Crippen LogP contribution in [0, 0.1) is 0 Å². The van der Waals surface area contributed by atoms with Crippen molar-refractivity contribution >= 4 is 5.91 Å². The van der Waals surface area contributed by atoms with Crippen molar-refractivity contribution in [3.05, 3.63) is 29.8 Å². The highest BCUT2D eigenvalue weighted by Gasteiger charge is 2.24. The van der Waals surface area contributed by atoms with Gasteiger partial charge in [-0.1, -0.05) is 25.1 Å². The molecule has 1 aromatic carbocycles. The average molecular weight is 220 g/mol. The molecule has 0 spiro atoms. The molecule has 0 aliphatic carbocycles. The second-order valence-electron chi connectivity index (χ2n) is 3.75. The fraction of sp³-hybridized carbons (Fsp3) is 0.417. The van der Waals surface area contributed by atoms with Gasteiger partial charge in [0.05, 0.1) is 12.6 Å². The van der Waals surface area contributed by atoms with Crippen LogP contribution in [0.5, 0.6) is 5.75 Å². The lowest BCUT2D eigenvalue weighted by molar-refractivity contribution is -0.121. The topological polar surface area (TPSA) is 50.4 Å². The van der Waals surface area contributed by atoms with Crippen molar-refractivity contribution in [3.63, 3.8) is 0 Å². The Labute approximate surface area is 95.0 Å². The highest BCUT2D eigenvalue weighted by Crippen LogP contribution is 2.31. The van der Waals surface area contributed by atoms with Crippen molar-refractivity contribution in [1.82, 2.24) is 10.6 Å². The molecule has 16 heavy (non-hydrogen) atoms. The first kappa shape index (κ1) is 11.0. The molecule has 86 valence electrons. The molecule has 0 fully saturated rings. The predicted octanol–water partition coefficient (Wildman–Crippen LogP) is 0.846. The van der Waals surface area contributed by atoms with E-state index in [-0.39, 0.29) is 11.9 Å². The fourth-order valence-corrected chi connectivity index (χ4v) is 1.77. The Bertz CT molecular complexity index is 379. The van der Waals surface area contributed by atoms with Gasteiger partial charge in [-0.05, 0) is 12.6 Å². The Morgan fingerprint density at radius 1 is 1.50 bits per heavy atom. The molecule has 4 heteroatoms. The Balaban J connectivity index is 1.95. The molecule has 0 bridgehead atoms. The molecule has 2 N–H and O–H groups in total. The summed E-state index contributed by atoms with van der Waals surface area (Å²) >= 11 is 0. The summed E-state index contributed by atoms with van der Waals surface area (Å²) in [4.78, 5) is 11.5. The third kappa shape index (κ3) is 2.33. The second kappa shape index (κ2) is 4.99. The van der Waals surface area contributed by atoms with Crippen LogP contribution in [0.1, 0.15) is 18.5 Å². The van der Waals surface area contributed by atoms with Gasteiger partial charge in [-0.2, -0.15) is 0 Å². The average Bonchev–Trinajstić information content (AvgIpc) is 2.70.